The fourth-order valence-corrected chi connectivity index (χ4v) is 7.72. The van der Waals surface area contributed by atoms with E-state index < -0.39 is 24.2 Å². The van der Waals surface area contributed by atoms with Gasteiger partial charge in [0.25, 0.3) is 0 Å². The Morgan fingerprint density at radius 3 is 1.17 bits per heavy atom. The number of rotatable bonds is 43. The second-order valence-corrected chi connectivity index (χ2v) is 18.5. The highest BCUT2D eigenvalue weighted by Crippen LogP contribution is 2.15. The van der Waals surface area contributed by atoms with Gasteiger partial charge in [0, 0.05) is 58.7 Å². The van der Waals surface area contributed by atoms with E-state index in [-0.39, 0.29) is 77.1 Å². The topological polar surface area (TPSA) is 187 Å². The zero-order valence-corrected chi connectivity index (χ0v) is 42.7. The molecule has 18 heteroatoms. The highest BCUT2D eigenvalue weighted by molar-refractivity contribution is 7.78. The third kappa shape index (κ3) is 37.9. The Bertz CT molecular complexity index is 1150. The number of hydrogen-bond acceptors (Lipinski definition) is 10. The number of amides is 8. The van der Waals surface area contributed by atoms with Crippen molar-refractivity contribution in [2.45, 2.75) is 200 Å². The van der Waals surface area contributed by atoms with Crippen molar-refractivity contribution in [3.63, 3.8) is 0 Å². The summed E-state index contributed by atoms with van der Waals surface area (Å²) in [6.07, 6.45) is 30.8. The zero-order chi connectivity index (χ0) is 47.5. The maximum absolute atomic E-state index is 13.3. The molecule has 0 bridgehead atoms. The van der Waals surface area contributed by atoms with Crippen LogP contribution in [0.5, 0.6) is 0 Å². The van der Waals surface area contributed by atoms with Crippen molar-refractivity contribution in [3.8, 4) is 0 Å². The molecule has 8 amide bonds. The number of nitrogens with zero attached hydrogens (tertiary/aromatic N) is 4. The summed E-state index contributed by atoms with van der Waals surface area (Å²) in [5.74, 6) is -0.206. The molecule has 0 aliphatic carbocycles. The zero-order valence-electron chi connectivity index (χ0n) is 40.0. The monoisotopic (exact) mass is 965 g/mol. The Morgan fingerprint density at radius 1 is 0.438 bits per heavy atom. The number of hydrogen-bond donors (Lipinski definition) is 9. The quantitative estimate of drug-likeness (QED) is 0.0216. The highest BCUT2D eigenvalue weighted by Gasteiger charge is 2.17. The van der Waals surface area contributed by atoms with Crippen LogP contribution in [0.4, 0.5) is 14.4 Å². The van der Waals surface area contributed by atoms with Crippen LogP contribution >= 0.6 is 38.4 Å². The minimum Gasteiger partial charge on any atom is -0.394 e. The van der Waals surface area contributed by atoms with Crippen LogP contribution in [0.3, 0.4) is 0 Å². The van der Waals surface area contributed by atoms with Gasteiger partial charge in [-0.05, 0) is 25.7 Å². The van der Waals surface area contributed by atoms with Crippen molar-refractivity contribution >= 4 is 68.4 Å². The molecule has 1 atom stereocenters. The number of nitrogens with one attached hydrogen (secondary N) is 4. The summed E-state index contributed by atoms with van der Waals surface area (Å²) < 4.78 is 3.33. The van der Waals surface area contributed by atoms with Gasteiger partial charge in [0.1, 0.15) is 0 Å². The number of carbonyl (C=O) groups is 5. The SMILES string of the molecule is CCCCCCCCCCCCCCN(CCCCCCCCCCCCCC)C(=O)CCC(=O)NCCNC(=O)N(S)CCNC(=O)N(S)CCNC(=O)N(S)CCCC(O)CO. The van der Waals surface area contributed by atoms with Gasteiger partial charge in [0.05, 0.1) is 25.8 Å². The summed E-state index contributed by atoms with van der Waals surface area (Å²) in [7, 11) is 0. The Labute approximate surface area is 405 Å². The van der Waals surface area contributed by atoms with Crippen molar-refractivity contribution in [1.82, 2.24) is 39.1 Å². The van der Waals surface area contributed by atoms with E-state index in [1.807, 2.05) is 4.90 Å². The average molecular weight is 965 g/mol. The molecule has 376 valence electrons. The summed E-state index contributed by atoms with van der Waals surface area (Å²) in [6.45, 7) is 6.66. The van der Waals surface area contributed by atoms with Crippen LogP contribution in [0, 0.1) is 0 Å². The molecular formula is C46H92N8O7S3. The standard InChI is InChI=1S/C46H92N8O7S3/c1-3-5-7-9-11-13-15-17-19-21-23-25-35-51(36-26-24-22-20-18-16-14-12-10-8-6-4-2)43(58)30-29-42(57)47-31-32-48-44(59)53(63)38-34-50-46(61)54(64)39-33-49-45(60)52(62)37-27-28-41(56)40-55/h41,55-56,62-64H,3-40H2,1-2H3,(H,47,57)(H,48,59)(H,49,60)(H,50,61). The van der Waals surface area contributed by atoms with Gasteiger partial charge in [-0.2, -0.15) is 0 Å². The van der Waals surface area contributed by atoms with E-state index in [9.17, 15) is 29.1 Å². The molecule has 0 saturated carbocycles. The molecule has 0 saturated heterocycles. The van der Waals surface area contributed by atoms with Gasteiger partial charge >= 0.3 is 18.1 Å². The van der Waals surface area contributed by atoms with E-state index in [0.29, 0.717) is 12.8 Å². The highest BCUT2D eigenvalue weighted by atomic mass is 32.1. The summed E-state index contributed by atoms with van der Waals surface area (Å²) in [5, 5.41) is 28.9. The molecule has 0 aliphatic heterocycles. The second kappa shape index (κ2) is 44.6. The van der Waals surface area contributed by atoms with Crippen LogP contribution in [0.15, 0.2) is 0 Å². The third-order valence-corrected chi connectivity index (χ3v) is 12.4. The molecule has 0 aromatic heterocycles. The lowest BCUT2D eigenvalue weighted by molar-refractivity contribution is -0.133. The maximum Gasteiger partial charge on any atom is 0.327 e. The molecule has 0 radical (unpaired) electrons. The summed E-state index contributed by atoms with van der Waals surface area (Å²) in [6, 6.07) is -1.50. The van der Waals surface area contributed by atoms with Crippen LogP contribution in [-0.4, -0.2) is 130 Å². The van der Waals surface area contributed by atoms with Crippen molar-refractivity contribution in [2.24, 2.45) is 0 Å². The van der Waals surface area contributed by atoms with Crippen LogP contribution in [0.25, 0.3) is 0 Å². The van der Waals surface area contributed by atoms with Crippen molar-refractivity contribution in [1.29, 1.82) is 0 Å². The van der Waals surface area contributed by atoms with Crippen LogP contribution in [0.2, 0.25) is 0 Å². The molecule has 0 aromatic rings. The summed E-state index contributed by atoms with van der Waals surface area (Å²) in [5.41, 5.74) is 0. The van der Waals surface area contributed by atoms with Crippen molar-refractivity contribution in [2.75, 3.05) is 65.5 Å². The molecule has 0 spiro atoms. The first-order valence-electron chi connectivity index (χ1n) is 25.0. The molecule has 0 fully saturated rings. The summed E-state index contributed by atoms with van der Waals surface area (Å²) >= 11 is 12.4. The van der Waals surface area contributed by atoms with Crippen molar-refractivity contribution in [3.05, 3.63) is 0 Å². The lowest BCUT2D eigenvalue weighted by Crippen LogP contribution is -2.44. The largest absolute Gasteiger partial charge is 0.394 e. The Balaban J connectivity index is 4.43. The normalized spacial score (nSPS) is 11.5. The van der Waals surface area contributed by atoms with Crippen LogP contribution < -0.4 is 21.3 Å². The van der Waals surface area contributed by atoms with E-state index in [4.69, 9.17) is 5.11 Å². The van der Waals surface area contributed by atoms with Gasteiger partial charge in [-0.25, -0.2) is 14.4 Å². The van der Waals surface area contributed by atoms with E-state index in [1.54, 1.807) is 0 Å². The smallest absolute Gasteiger partial charge is 0.327 e. The number of thiol groups is 3. The Morgan fingerprint density at radius 2 is 0.781 bits per heavy atom. The van der Waals surface area contributed by atoms with Gasteiger partial charge in [-0.1, -0.05) is 194 Å². The molecule has 15 nitrogen and oxygen atoms in total. The second-order valence-electron chi connectivity index (χ2n) is 17.1. The fourth-order valence-electron chi connectivity index (χ4n) is 7.17. The Kier molecular flexibility index (Phi) is 43.0. The van der Waals surface area contributed by atoms with Gasteiger partial charge in [0.15, 0.2) is 0 Å². The van der Waals surface area contributed by atoms with Gasteiger partial charge in [-0.15, -0.1) is 0 Å². The molecule has 0 aliphatic rings. The molecule has 0 aromatic carbocycles. The number of urea groups is 3. The van der Waals surface area contributed by atoms with Gasteiger partial charge in [-0.3, -0.25) is 22.5 Å². The number of aliphatic hydroxyl groups is 2. The minimum absolute atomic E-state index is 0.0324. The van der Waals surface area contributed by atoms with Crippen molar-refractivity contribution < 1.29 is 34.2 Å². The Hall–Kier alpha value is -2.28. The number of unbranched alkanes of at least 4 members (excludes halogenated alkanes) is 22. The fraction of sp³-hybridized carbons (Fsp3) is 0.891. The van der Waals surface area contributed by atoms with Crippen LogP contribution in [-0.2, 0) is 9.59 Å². The third-order valence-electron chi connectivity index (χ3n) is 11.2. The molecule has 0 rings (SSSR count). The van der Waals surface area contributed by atoms with Gasteiger partial charge in [0.2, 0.25) is 11.8 Å². The molecule has 6 N–H and O–H groups in total. The van der Waals surface area contributed by atoms with E-state index in [1.165, 1.54) is 128 Å². The number of carbonyl (C=O) groups excluding carboxylic acids is 5. The van der Waals surface area contributed by atoms with E-state index in [0.717, 1.165) is 51.7 Å². The summed E-state index contributed by atoms with van der Waals surface area (Å²) in [4.78, 5) is 64.9. The first-order chi connectivity index (χ1) is 31.0. The first-order valence-corrected chi connectivity index (χ1v) is 26.2. The first kappa shape index (κ1) is 61.7. The molecule has 64 heavy (non-hydrogen) atoms. The minimum atomic E-state index is -0.839. The van der Waals surface area contributed by atoms with E-state index >= 15 is 0 Å². The van der Waals surface area contributed by atoms with Crippen LogP contribution in [0.1, 0.15) is 194 Å². The predicted molar refractivity (Wildman–Crippen MR) is 271 cm³/mol. The molecule has 0 heterocycles. The van der Waals surface area contributed by atoms with E-state index in [2.05, 4.69) is 73.6 Å². The average Bonchev–Trinajstić information content (AvgIpc) is 3.28. The van der Waals surface area contributed by atoms with Gasteiger partial charge < -0.3 is 36.4 Å². The predicted octanol–water partition coefficient (Wildman–Crippen LogP) is 8.82. The lowest BCUT2D eigenvalue weighted by atomic mass is 10.0. The number of aliphatic hydroxyl groups excluding tert-OH is 2. The maximum atomic E-state index is 13.3. The molecule has 1 unspecified atom stereocenters. The molecular weight excluding hydrogens is 873 g/mol. The lowest BCUT2D eigenvalue weighted by Gasteiger charge is -2.23.